The number of carboxylic acids is 1. The lowest BCUT2D eigenvalue weighted by Crippen LogP contribution is -2.38. The molecule has 1 atom stereocenters. The highest BCUT2D eigenvalue weighted by molar-refractivity contribution is 5.78. The molecule has 4 nitrogen and oxygen atoms in total. The van der Waals surface area contributed by atoms with Crippen LogP contribution in [0.3, 0.4) is 0 Å². The topological polar surface area (TPSA) is 58.6 Å². The van der Waals surface area contributed by atoms with Gasteiger partial charge in [0, 0.05) is 0 Å². The van der Waals surface area contributed by atoms with Crippen molar-refractivity contribution < 1.29 is 14.6 Å². The highest BCUT2D eigenvalue weighted by Crippen LogP contribution is 2.33. The third-order valence-corrected chi connectivity index (χ3v) is 4.22. The Kier molecular flexibility index (Phi) is 4.88. The molecule has 1 aromatic carbocycles. The van der Waals surface area contributed by atoms with Crippen molar-refractivity contribution >= 4 is 11.7 Å². The lowest BCUT2D eigenvalue weighted by molar-refractivity contribution is -0.139. The van der Waals surface area contributed by atoms with E-state index < -0.39 is 12.0 Å². The summed E-state index contributed by atoms with van der Waals surface area (Å²) >= 11 is 0. The van der Waals surface area contributed by atoms with Gasteiger partial charge in [0.15, 0.2) is 0 Å². The molecule has 1 unspecified atom stereocenters. The SMILES string of the molecule is COc1ccccc1NC(C(=O)O)C1CCC(C)CC1. The smallest absolute Gasteiger partial charge is 0.326 e. The summed E-state index contributed by atoms with van der Waals surface area (Å²) in [6.45, 7) is 2.24. The lowest BCUT2D eigenvalue weighted by atomic mass is 9.79. The van der Waals surface area contributed by atoms with Crippen molar-refractivity contribution in [3.8, 4) is 5.75 Å². The van der Waals surface area contributed by atoms with Crippen molar-refractivity contribution in [1.82, 2.24) is 0 Å². The van der Waals surface area contributed by atoms with E-state index in [0.717, 1.165) is 31.4 Å². The first kappa shape index (κ1) is 14.7. The minimum Gasteiger partial charge on any atom is -0.495 e. The standard InChI is InChI=1S/C16H23NO3/c1-11-7-9-12(10-8-11)15(16(18)19)17-13-5-3-4-6-14(13)20-2/h3-6,11-12,15,17H,7-10H2,1-2H3,(H,18,19). The number of aliphatic carboxylic acids is 1. The van der Waals surface area contributed by atoms with Gasteiger partial charge in [0.25, 0.3) is 0 Å². The molecule has 0 saturated heterocycles. The van der Waals surface area contributed by atoms with Crippen LogP contribution in [0.15, 0.2) is 24.3 Å². The summed E-state index contributed by atoms with van der Waals surface area (Å²) in [7, 11) is 1.60. The second kappa shape index (κ2) is 6.64. The van der Waals surface area contributed by atoms with Gasteiger partial charge in [-0.3, -0.25) is 0 Å². The number of benzene rings is 1. The summed E-state index contributed by atoms with van der Waals surface area (Å²) in [5.74, 6) is 0.805. The molecular formula is C16H23NO3. The number of nitrogens with one attached hydrogen (secondary N) is 1. The summed E-state index contributed by atoms with van der Waals surface area (Å²) in [6, 6.07) is 6.91. The largest absolute Gasteiger partial charge is 0.495 e. The summed E-state index contributed by atoms with van der Waals surface area (Å²) in [6.07, 6.45) is 4.17. The van der Waals surface area contributed by atoms with E-state index >= 15 is 0 Å². The van der Waals surface area contributed by atoms with Crippen molar-refractivity contribution in [2.75, 3.05) is 12.4 Å². The number of ether oxygens (including phenoxy) is 1. The van der Waals surface area contributed by atoms with Gasteiger partial charge in [-0.05, 0) is 36.8 Å². The number of para-hydroxylation sites is 2. The molecule has 20 heavy (non-hydrogen) atoms. The van der Waals surface area contributed by atoms with Crippen LogP contribution in [0, 0.1) is 11.8 Å². The van der Waals surface area contributed by atoms with E-state index in [4.69, 9.17) is 4.74 Å². The fraction of sp³-hybridized carbons (Fsp3) is 0.562. The van der Waals surface area contributed by atoms with Crippen molar-refractivity contribution in [3.63, 3.8) is 0 Å². The fourth-order valence-corrected chi connectivity index (χ4v) is 2.93. The zero-order valence-corrected chi connectivity index (χ0v) is 12.1. The van der Waals surface area contributed by atoms with Crippen LogP contribution in [0.4, 0.5) is 5.69 Å². The molecule has 2 rings (SSSR count). The van der Waals surface area contributed by atoms with Crippen LogP contribution in [0.5, 0.6) is 5.75 Å². The number of carbonyl (C=O) groups is 1. The van der Waals surface area contributed by atoms with Gasteiger partial charge in [-0.25, -0.2) is 4.79 Å². The molecule has 1 saturated carbocycles. The first-order chi connectivity index (χ1) is 9.61. The summed E-state index contributed by atoms with van der Waals surface area (Å²) in [5.41, 5.74) is 0.751. The van der Waals surface area contributed by atoms with Crippen molar-refractivity contribution in [2.24, 2.45) is 11.8 Å². The molecule has 1 fully saturated rings. The van der Waals surface area contributed by atoms with Gasteiger partial charge in [-0.2, -0.15) is 0 Å². The first-order valence-corrected chi connectivity index (χ1v) is 7.24. The van der Waals surface area contributed by atoms with Crippen LogP contribution in [0.25, 0.3) is 0 Å². The minimum absolute atomic E-state index is 0.189. The average molecular weight is 277 g/mol. The van der Waals surface area contributed by atoms with Crippen LogP contribution in [0.1, 0.15) is 32.6 Å². The maximum Gasteiger partial charge on any atom is 0.326 e. The Hall–Kier alpha value is -1.71. The van der Waals surface area contributed by atoms with Gasteiger partial charge in [0.2, 0.25) is 0 Å². The lowest BCUT2D eigenvalue weighted by Gasteiger charge is -2.31. The predicted molar refractivity (Wildman–Crippen MR) is 79.2 cm³/mol. The minimum atomic E-state index is -0.782. The third-order valence-electron chi connectivity index (χ3n) is 4.22. The van der Waals surface area contributed by atoms with Crippen LogP contribution < -0.4 is 10.1 Å². The van der Waals surface area contributed by atoms with E-state index in [0.29, 0.717) is 11.7 Å². The molecule has 0 bridgehead atoms. The van der Waals surface area contributed by atoms with E-state index in [1.807, 2.05) is 24.3 Å². The highest BCUT2D eigenvalue weighted by atomic mass is 16.5. The van der Waals surface area contributed by atoms with Crippen LogP contribution in [-0.2, 0) is 4.79 Å². The third kappa shape index (κ3) is 3.44. The maximum absolute atomic E-state index is 11.6. The zero-order chi connectivity index (χ0) is 14.5. The molecule has 0 radical (unpaired) electrons. The molecule has 1 aliphatic carbocycles. The zero-order valence-electron chi connectivity index (χ0n) is 12.1. The molecule has 1 aliphatic rings. The van der Waals surface area contributed by atoms with E-state index in [1.165, 1.54) is 0 Å². The number of methoxy groups -OCH3 is 1. The fourth-order valence-electron chi connectivity index (χ4n) is 2.93. The molecule has 1 aromatic rings. The monoisotopic (exact) mass is 277 g/mol. The van der Waals surface area contributed by atoms with Gasteiger partial charge in [-0.1, -0.05) is 31.9 Å². The highest BCUT2D eigenvalue weighted by Gasteiger charge is 2.31. The Labute approximate surface area is 120 Å². The second-order valence-electron chi connectivity index (χ2n) is 5.68. The predicted octanol–water partition coefficient (Wildman–Crippen LogP) is 3.39. The molecular weight excluding hydrogens is 254 g/mol. The Morgan fingerprint density at radius 1 is 1.30 bits per heavy atom. The van der Waals surface area contributed by atoms with Gasteiger partial charge in [0.1, 0.15) is 11.8 Å². The number of anilines is 1. The van der Waals surface area contributed by atoms with Crippen LogP contribution >= 0.6 is 0 Å². The molecule has 0 spiro atoms. The summed E-state index contributed by atoms with van der Waals surface area (Å²) in [4.78, 5) is 11.6. The van der Waals surface area contributed by atoms with Gasteiger partial charge < -0.3 is 15.2 Å². The molecule has 2 N–H and O–H groups in total. The quantitative estimate of drug-likeness (QED) is 0.866. The van der Waals surface area contributed by atoms with Crippen molar-refractivity contribution in [3.05, 3.63) is 24.3 Å². The van der Waals surface area contributed by atoms with E-state index in [9.17, 15) is 9.90 Å². The van der Waals surface area contributed by atoms with E-state index in [-0.39, 0.29) is 5.92 Å². The normalized spacial score (nSPS) is 23.9. The number of hydrogen-bond acceptors (Lipinski definition) is 3. The number of hydrogen-bond donors (Lipinski definition) is 2. The molecule has 0 amide bonds. The van der Waals surface area contributed by atoms with E-state index in [2.05, 4.69) is 12.2 Å². The number of carboxylic acid groups (broad SMARTS) is 1. The van der Waals surface area contributed by atoms with Gasteiger partial charge in [-0.15, -0.1) is 0 Å². The molecule has 0 aromatic heterocycles. The Balaban J connectivity index is 2.11. The molecule has 110 valence electrons. The average Bonchev–Trinajstić information content (AvgIpc) is 2.46. The van der Waals surface area contributed by atoms with Crippen LogP contribution in [0.2, 0.25) is 0 Å². The maximum atomic E-state index is 11.6. The Bertz CT molecular complexity index is 453. The van der Waals surface area contributed by atoms with Crippen molar-refractivity contribution in [1.29, 1.82) is 0 Å². The number of rotatable bonds is 5. The second-order valence-corrected chi connectivity index (χ2v) is 5.68. The molecule has 0 heterocycles. The van der Waals surface area contributed by atoms with Gasteiger partial charge >= 0.3 is 5.97 Å². The Morgan fingerprint density at radius 3 is 2.55 bits per heavy atom. The van der Waals surface area contributed by atoms with Gasteiger partial charge in [0.05, 0.1) is 12.8 Å². The van der Waals surface area contributed by atoms with E-state index in [1.54, 1.807) is 7.11 Å². The van der Waals surface area contributed by atoms with Crippen molar-refractivity contribution in [2.45, 2.75) is 38.6 Å². The summed E-state index contributed by atoms with van der Waals surface area (Å²) < 4.78 is 5.27. The molecule has 4 heteroatoms. The Morgan fingerprint density at radius 2 is 1.95 bits per heavy atom. The molecule has 0 aliphatic heterocycles. The summed E-state index contributed by atoms with van der Waals surface area (Å²) in [5, 5.41) is 12.7. The first-order valence-electron chi connectivity index (χ1n) is 7.24. The van der Waals surface area contributed by atoms with Crippen LogP contribution in [-0.4, -0.2) is 24.2 Å².